The van der Waals surface area contributed by atoms with Crippen LogP contribution in [-0.4, -0.2) is 17.4 Å². The second-order valence-electron chi connectivity index (χ2n) is 7.62. The van der Waals surface area contributed by atoms with E-state index in [4.69, 9.17) is 39.2 Å². The number of fused-ring (bicyclic) bond motifs is 2. The Labute approximate surface area is 198 Å². The summed E-state index contributed by atoms with van der Waals surface area (Å²) in [6.07, 6.45) is 0.623. The van der Waals surface area contributed by atoms with E-state index in [9.17, 15) is 9.59 Å². The van der Waals surface area contributed by atoms with Crippen LogP contribution in [-0.2, 0) is 6.42 Å². The molecule has 1 amide bonds. The quantitative estimate of drug-likeness (QED) is 0.330. The second kappa shape index (κ2) is 8.28. The van der Waals surface area contributed by atoms with Crippen molar-refractivity contribution in [2.45, 2.75) is 12.5 Å². The molecule has 0 N–H and O–H groups in total. The lowest BCUT2D eigenvalue weighted by atomic mass is 9.98. The molecule has 7 heteroatoms. The molecule has 0 radical (unpaired) electrons. The Morgan fingerprint density at radius 2 is 1.66 bits per heavy atom. The summed E-state index contributed by atoms with van der Waals surface area (Å²) in [5, 5.41) is 1.49. The zero-order valence-corrected chi connectivity index (χ0v) is 18.9. The van der Waals surface area contributed by atoms with E-state index < -0.39 is 6.04 Å². The molecule has 0 aliphatic carbocycles. The van der Waals surface area contributed by atoms with Crippen molar-refractivity contribution in [3.63, 3.8) is 0 Å². The van der Waals surface area contributed by atoms with Gasteiger partial charge in [-0.3, -0.25) is 9.59 Å². The van der Waals surface area contributed by atoms with Gasteiger partial charge in [-0.25, -0.2) is 0 Å². The smallest absolute Gasteiger partial charge is 0.290 e. The number of carbonyl (C=O) groups is 1. The number of hydrogen-bond acceptors (Lipinski definition) is 3. The van der Waals surface area contributed by atoms with Crippen LogP contribution in [0.2, 0.25) is 15.1 Å². The average molecular weight is 485 g/mol. The molecule has 1 aliphatic rings. The first kappa shape index (κ1) is 21.1. The van der Waals surface area contributed by atoms with Crippen LogP contribution < -0.4 is 5.43 Å². The highest BCUT2D eigenvalue weighted by Gasteiger charge is 2.42. The van der Waals surface area contributed by atoms with Gasteiger partial charge in [-0.2, -0.15) is 0 Å². The molecule has 1 aliphatic heterocycles. The molecule has 4 nitrogen and oxygen atoms in total. The second-order valence-corrected chi connectivity index (χ2v) is 8.88. The van der Waals surface area contributed by atoms with Crippen LogP contribution in [0.5, 0.6) is 0 Å². The standard InChI is InChI=1S/C25H16Cl3NO3/c26-16-7-9-20-17(13-16)23(30)21-22(15-6-8-18(27)19(28)12-15)29(25(31)24(21)32-20)11-10-14-4-2-1-3-5-14/h1-9,12-13,22H,10-11H2. The number of halogens is 3. The highest BCUT2D eigenvalue weighted by molar-refractivity contribution is 6.42. The minimum Gasteiger partial charge on any atom is -0.450 e. The molecule has 1 unspecified atom stereocenters. The van der Waals surface area contributed by atoms with Crippen molar-refractivity contribution in [2.24, 2.45) is 0 Å². The summed E-state index contributed by atoms with van der Waals surface area (Å²) < 4.78 is 5.93. The van der Waals surface area contributed by atoms with E-state index in [1.165, 1.54) is 0 Å². The molecule has 2 heterocycles. The summed E-state index contributed by atoms with van der Waals surface area (Å²) in [6, 6.07) is 19.1. The van der Waals surface area contributed by atoms with Gasteiger partial charge in [0.1, 0.15) is 5.58 Å². The number of amides is 1. The van der Waals surface area contributed by atoms with Crippen LogP contribution in [0.15, 0.2) is 75.9 Å². The van der Waals surface area contributed by atoms with Gasteiger partial charge in [-0.15, -0.1) is 0 Å². The lowest BCUT2D eigenvalue weighted by Gasteiger charge is -2.25. The maximum Gasteiger partial charge on any atom is 0.290 e. The first-order valence-corrected chi connectivity index (χ1v) is 11.1. The molecule has 0 saturated carbocycles. The Morgan fingerprint density at radius 3 is 2.41 bits per heavy atom. The molecule has 0 bridgehead atoms. The van der Waals surface area contributed by atoms with Gasteiger partial charge in [0.05, 0.1) is 27.0 Å². The van der Waals surface area contributed by atoms with Crippen molar-refractivity contribution in [3.05, 3.63) is 114 Å². The molecule has 160 valence electrons. The summed E-state index contributed by atoms with van der Waals surface area (Å²) in [5.74, 6) is -0.282. The van der Waals surface area contributed by atoms with Crippen LogP contribution in [0.1, 0.15) is 33.3 Å². The number of hydrogen-bond donors (Lipinski definition) is 0. The molecular formula is C25H16Cl3NO3. The molecule has 32 heavy (non-hydrogen) atoms. The third-order valence-electron chi connectivity index (χ3n) is 5.67. The zero-order valence-electron chi connectivity index (χ0n) is 16.6. The molecule has 0 fully saturated rings. The topological polar surface area (TPSA) is 50.5 Å². The van der Waals surface area contributed by atoms with Crippen LogP contribution in [0.3, 0.4) is 0 Å². The molecule has 1 atom stereocenters. The van der Waals surface area contributed by atoms with E-state index in [0.29, 0.717) is 44.6 Å². The lowest BCUT2D eigenvalue weighted by molar-refractivity contribution is 0.0730. The number of benzene rings is 3. The number of nitrogens with zero attached hydrogens (tertiary/aromatic N) is 1. The molecule has 0 spiro atoms. The van der Waals surface area contributed by atoms with Gasteiger partial charge >= 0.3 is 0 Å². The maximum atomic E-state index is 13.5. The third-order valence-corrected chi connectivity index (χ3v) is 6.65. The van der Waals surface area contributed by atoms with Crippen LogP contribution in [0.25, 0.3) is 11.0 Å². The van der Waals surface area contributed by atoms with Crippen molar-refractivity contribution in [2.75, 3.05) is 6.54 Å². The first-order valence-electron chi connectivity index (χ1n) is 10.00. The largest absolute Gasteiger partial charge is 0.450 e. The minimum atomic E-state index is -0.643. The fourth-order valence-corrected chi connectivity index (χ4v) is 4.63. The molecule has 0 saturated heterocycles. The fraction of sp³-hybridized carbons (Fsp3) is 0.120. The van der Waals surface area contributed by atoms with Gasteiger partial charge in [0.15, 0.2) is 5.43 Å². The van der Waals surface area contributed by atoms with Gasteiger partial charge in [0.25, 0.3) is 5.91 Å². The van der Waals surface area contributed by atoms with Gasteiger partial charge in [0, 0.05) is 11.6 Å². The molecule has 5 rings (SSSR count). The van der Waals surface area contributed by atoms with E-state index >= 15 is 0 Å². The number of rotatable bonds is 4. The van der Waals surface area contributed by atoms with E-state index in [0.717, 1.165) is 5.56 Å². The minimum absolute atomic E-state index is 0.0500. The zero-order chi connectivity index (χ0) is 22.4. The van der Waals surface area contributed by atoms with Crippen molar-refractivity contribution in [1.29, 1.82) is 0 Å². The summed E-state index contributed by atoms with van der Waals surface area (Å²) in [7, 11) is 0. The Kier molecular flexibility index (Phi) is 5.46. The van der Waals surface area contributed by atoms with Gasteiger partial charge in [0.2, 0.25) is 5.76 Å². The molecular weight excluding hydrogens is 469 g/mol. The normalized spacial score (nSPS) is 15.4. The predicted octanol–water partition coefficient (Wildman–Crippen LogP) is 6.54. The first-order chi connectivity index (χ1) is 15.4. The maximum absolute atomic E-state index is 13.5. The van der Waals surface area contributed by atoms with Crippen LogP contribution in [0, 0.1) is 0 Å². The van der Waals surface area contributed by atoms with E-state index in [1.807, 2.05) is 30.3 Å². The monoisotopic (exact) mass is 483 g/mol. The Bertz CT molecular complexity index is 1420. The molecule has 1 aromatic heterocycles. The van der Waals surface area contributed by atoms with E-state index in [2.05, 4.69) is 0 Å². The summed E-state index contributed by atoms with van der Waals surface area (Å²) in [5.41, 5.74) is 2.10. The van der Waals surface area contributed by atoms with Crippen molar-refractivity contribution in [3.8, 4) is 0 Å². The van der Waals surface area contributed by atoms with Crippen molar-refractivity contribution in [1.82, 2.24) is 4.90 Å². The van der Waals surface area contributed by atoms with E-state index in [-0.39, 0.29) is 22.7 Å². The van der Waals surface area contributed by atoms with Gasteiger partial charge in [-0.05, 0) is 47.9 Å². The summed E-state index contributed by atoms with van der Waals surface area (Å²) in [6.45, 7) is 0.397. The summed E-state index contributed by atoms with van der Waals surface area (Å²) in [4.78, 5) is 28.6. The van der Waals surface area contributed by atoms with Crippen LogP contribution >= 0.6 is 34.8 Å². The Morgan fingerprint density at radius 1 is 0.875 bits per heavy atom. The molecule has 3 aromatic carbocycles. The summed E-state index contributed by atoms with van der Waals surface area (Å²) >= 11 is 18.5. The highest BCUT2D eigenvalue weighted by Crippen LogP contribution is 2.40. The predicted molar refractivity (Wildman–Crippen MR) is 127 cm³/mol. The lowest BCUT2D eigenvalue weighted by Crippen LogP contribution is -2.31. The van der Waals surface area contributed by atoms with E-state index in [1.54, 1.807) is 41.3 Å². The molecule has 4 aromatic rings. The Balaban J connectivity index is 1.67. The Hall–Kier alpha value is -2.79. The van der Waals surface area contributed by atoms with Crippen molar-refractivity contribution >= 4 is 51.7 Å². The van der Waals surface area contributed by atoms with Gasteiger partial charge < -0.3 is 9.32 Å². The van der Waals surface area contributed by atoms with Crippen molar-refractivity contribution < 1.29 is 9.21 Å². The average Bonchev–Trinajstić information content (AvgIpc) is 3.07. The highest BCUT2D eigenvalue weighted by atomic mass is 35.5. The fourth-order valence-electron chi connectivity index (χ4n) is 4.15. The number of carbonyl (C=O) groups excluding carboxylic acids is 1. The van der Waals surface area contributed by atoms with Gasteiger partial charge in [-0.1, -0.05) is 71.2 Å². The SMILES string of the molecule is O=C1c2oc3ccc(Cl)cc3c(=O)c2C(c2ccc(Cl)c(Cl)c2)N1CCc1ccccc1. The van der Waals surface area contributed by atoms with Crippen LogP contribution in [0.4, 0.5) is 0 Å². The third kappa shape index (κ3) is 3.58.